The van der Waals surface area contributed by atoms with Crippen molar-refractivity contribution in [1.82, 2.24) is 0 Å². The molecule has 2 aromatic carbocycles. The average molecular weight is 220 g/mol. The van der Waals surface area contributed by atoms with Crippen molar-refractivity contribution in [2.75, 3.05) is 0 Å². The summed E-state index contributed by atoms with van der Waals surface area (Å²) in [5, 5.41) is 9.89. The van der Waals surface area contributed by atoms with Gasteiger partial charge in [-0.2, -0.15) is 0 Å². The highest BCUT2D eigenvalue weighted by atomic mass is 19.2. The molecule has 0 aliphatic carbocycles. The fourth-order valence-corrected chi connectivity index (χ4v) is 1.55. The van der Waals surface area contributed by atoms with Crippen molar-refractivity contribution in [2.45, 2.75) is 6.10 Å². The molecule has 0 spiro atoms. The summed E-state index contributed by atoms with van der Waals surface area (Å²) in [7, 11) is 0. The Morgan fingerprint density at radius 1 is 0.875 bits per heavy atom. The van der Waals surface area contributed by atoms with Gasteiger partial charge in [0.1, 0.15) is 6.10 Å². The molecule has 1 nitrogen and oxygen atoms in total. The Morgan fingerprint density at radius 2 is 1.56 bits per heavy atom. The van der Waals surface area contributed by atoms with Crippen molar-refractivity contribution in [3.8, 4) is 0 Å². The Bertz CT molecular complexity index is 483. The molecule has 0 aliphatic heterocycles. The van der Waals surface area contributed by atoms with E-state index in [9.17, 15) is 13.9 Å². The van der Waals surface area contributed by atoms with Crippen molar-refractivity contribution in [2.24, 2.45) is 0 Å². The summed E-state index contributed by atoms with van der Waals surface area (Å²) in [6, 6.07) is 12.3. The highest BCUT2D eigenvalue weighted by Gasteiger charge is 2.16. The van der Waals surface area contributed by atoms with Crippen molar-refractivity contribution in [1.29, 1.82) is 0 Å². The number of benzene rings is 2. The predicted molar refractivity (Wildman–Crippen MR) is 56.9 cm³/mol. The lowest BCUT2D eigenvalue weighted by molar-refractivity contribution is 0.213. The average Bonchev–Trinajstić information content (AvgIpc) is 2.33. The first-order valence-electron chi connectivity index (χ1n) is 4.87. The van der Waals surface area contributed by atoms with E-state index < -0.39 is 17.7 Å². The van der Waals surface area contributed by atoms with Crippen LogP contribution in [0.3, 0.4) is 0 Å². The minimum Gasteiger partial charge on any atom is -0.384 e. The second-order valence-electron chi connectivity index (χ2n) is 3.46. The summed E-state index contributed by atoms with van der Waals surface area (Å²) in [6.07, 6.45) is -1.14. The van der Waals surface area contributed by atoms with E-state index in [1.54, 1.807) is 30.3 Å². The van der Waals surface area contributed by atoms with Gasteiger partial charge in [-0.25, -0.2) is 8.78 Å². The molecule has 2 rings (SSSR count). The SMILES string of the molecule is OC(c1ccccc1)c1cccc(F)c1F. The molecule has 0 saturated carbocycles. The molecule has 0 fully saturated rings. The predicted octanol–water partition coefficient (Wildman–Crippen LogP) is 3.05. The van der Waals surface area contributed by atoms with E-state index in [2.05, 4.69) is 0 Å². The van der Waals surface area contributed by atoms with E-state index in [4.69, 9.17) is 0 Å². The van der Waals surface area contributed by atoms with Gasteiger partial charge in [-0.3, -0.25) is 0 Å². The van der Waals surface area contributed by atoms with Gasteiger partial charge in [0.25, 0.3) is 0 Å². The van der Waals surface area contributed by atoms with E-state index in [0.29, 0.717) is 5.56 Å². The molecule has 1 unspecified atom stereocenters. The number of aliphatic hydroxyl groups is 1. The second-order valence-corrected chi connectivity index (χ2v) is 3.46. The Hall–Kier alpha value is -1.74. The largest absolute Gasteiger partial charge is 0.384 e. The van der Waals surface area contributed by atoms with E-state index in [1.165, 1.54) is 12.1 Å². The van der Waals surface area contributed by atoms with E-state index in [1.807, 2.05) is 0 Å². The van der Waals surface area contributed by atoms with Gasteiger partial charge in [-0.15, -0.1) is 0 Å². The van der Waals surface area contributed by atoms with E-state index in [0.717, 1.165) is 6.07 Å². The summed E-state index contributed by atoms with van der Waals surface area (Å²) in [5.74, 6) is -1.95. The summed E-state index contributed by atoms with van der Waals surface area (Å²) >= 11 is 0. The fraction of sp³-hybridized carbons (Fsp3) is 0.0769. The molecule has 0 aromatic heterocycles. The standard InChI is InChI=1S/C13H10F2O/c14-11-8-4-7-10(12(11)15)13(16)9-5-2-1-3-6-9/h1-8,13,16H. The smallest absolute Gasteiger partial charge is 0.164 e. The highest BCUT2D eigenvalue weighted by Crippen LogP contribution is 2.25. The molecule has 82 valence electrons. The van der Waals surface area contributed by atoms with E-state index >= 15 is 0 Å². The van der Waals surface area contributed by atoms with Gasteiger partial charge in [0.15, 0.2) is 11.6 Å². The number of aliphatic hydroxyl groups excluding tert-OH is 1. The Labute approximate surface area is 92.0 Å². The molecule has 0 aliphatic rings. The summed E-state index contributed by atoms with van der Waals surface area (Å²) in [4.78, 5) is 0. The normalized spacial score (nSPS) is 12.4. The minimum atomic E-state index is -1.14. The second kappa shape index (κ2) is 4.41. The maximum Gasteiger partial charge on any atom is 0.164 e. The molecule has 1 atom stereocenters. The van der Waals surface area contributed by atoms with Crippen LogP contribution in [0.2, 0.25) is 0 Å². The fourth-order valence-electron chi connectivity index (χ4n) is 1.55. The maximum atomic E-state index is 13.4. The number of hydrogen-bond donors (Lipinski definition) is 1. The van der Waals surface area contributed by atoms with Crippen LogP contribution in [0.1, 0.15) is 17.2 Å². The van der Waals surface area contributed by atoms with Crippen LogP contribution in [0.15, 0.2) is 48.5 Å². The zero-order chi connectivity index (χ0) is 11.5. The van der Waals surface area contributed by atoms with Crippen molar-refractivity contribution >= 4 is 0 Å². The molecule has 0 amide bonds. The van der Waals surface area contributed by atoms with Crippen LogP contribution in [0.25, 0.3) is 0 Å². The molecule has 0 bridgehead atoms. The number of halogens is 2. The maximum absolute atomic E-state index is 13.4. The summed E-state index contributed by atoms with van der Waals surface area (Å²) in [6.45, 7) is 0. The highest BCUT2D eigenvalue weighted by molar-refractivity contribution is 5.31. The first-order valence-corrected chi connectivity index (χ1v) is 4.87. The topological polar surface area (TPSA) is 20.2 Å². The van der Waals surface area contributed by atoms with Crippen LogP contribution in [0.5, 0.6) is 0 Å². The van der Waals surface area contributed by atoms with Crippen LogP contribution in [-0.2, 0) is 0 Å². The third-order valence-corrected chi connectivity index (χ3v) is 2.39. The molecule has 0 saturated heterocycles. The first-order chi connectivity index (χ1) is 7.70. The first kappa shape index (κ1) is 10.8. The zero-order valence-corrected chi connectivity index (χ0v) is 8.40. The number of rotatable bonds is 2. The third kappa shape index (κ3) is 1.95. The van der Waals surface area contributed by atoms with Crippen molar-refractivity contribution in [3.05, 3.63) is 71.3 Å². The van der Waals surface area contributed by atoms with Crippen LogP contribution >= 0.6 is 0 Å². The molecular formula is C13H10F2O. The van der Waals surface area contributed by atoms with Gasteiger partial charge in [-0.05, 0) is 11.6 Å². The molecule has 1 N–H and O–H groups in total. The molecule has 16 heavy (non-hydrogen) atoms. The van der Waals surface area contributed by atoms with Crippen LogP contribution in [0, 0.1) is 11.6 Å². The van der Waals surface area contributed by atoms with Gasteiger partial charge < -0.3 is 5.11 Å². The Morgan fingerprint density at radius 3 is 2.25 bits per heavy atom. The van der Waals surface area contributed by atoms with Gasteiger partial charge >= 0.3 is 0 Å². The lowest BCUT2D eigenvalue weighted by Crippen LogP contribution is -2.03. The quantitative estimate of drug-likeness (QED) is 0.824. The lowest BCUT2D eigenvalue weighted by Gasteiger charge is -2.12. The van der Waals surface area contributed by atoms with Crippen molar-refractivity contribution < 1.29 is 13.9 Å². The third-order valence-electron chi connectivity index (χ3n) is 2.39. The lowest BCUT2D eigenvalue weighted by atomic mass is 10.0. The molecule has 0 heterocycles. The summed E-state index contributed by atoms with van der Waals surface area (Å²) in [5.41, 5.74) is 0.484. The molecule has 3 heteroatoms. The van der Waals surface area contributed by atoms with Crippen molar-refractivity contribution in [3.63, 3.8) is 0 Å². The van der Waals surface area contributed by atoms with Gasteiger partial charge in [0, 0.05) is 5.56 Å². The van der Waals surface area contributed by atoms with Crippen LogP contribution in [0.4, 0.5) is 8.78 Å². The van der Waals surface area contributed by atoms with Crippen LogP contribution in [-0.4, -0.2) is 5.11 Å². The number of hydrogen-bond acceptors (Lipinski definition) is 1. The monoisotopic (exact) mass is 220 g/mol. The van der Waals surface area contributed by atoms with E-state index in [-0.39, 0.29) is 5.56 Å². The summed E-state index contributed by atoms with van der Waals surface area (Å²) < 4.78 is 26.4. The molecular weight excluding hydrogens is 210 g/mol. The van der Waals surface area contributed by atoms with Gasteiger partial charge in [0.05, 0.1) is 0 Å². The van der Waals surface area contributed by atoms with Gasteiger partial charge in [0.2, 0.25) is 0 Å². The van der Waals surface area contributed by atoms with Crippen LogP contribution < -0.4 is 0 Å². The van der Waals surface area contributed by atoms with Gasteiger partial charge in [-0.1, -0.05) is 42.5 Å². The Balaban J connectivity index is 2.42. The molecule has 0 radical (unpaired) electrons. The zero-order valence-electron chi connectivity index (χ0n) is 8.40. The Kier molecular flexibility index (Phi) is 2.97. The minimum absolute atomic E-state index is 0.0498. The molecule has 2 aromatic rings.